The lowest BCUT2D eigenvalue weighted by molar-refractivity contribution is 0.102. The largest absolute Gasteiger partial charge is 0.350 e. The third kappa shape index (κ3) is 4.17. The molecule has 2 N–H and O–H groups in total. The van der Waals surface area contributed by atoms with Gasteiger partial charge in [0.15, 0.2) is 0 Å². The van der Waals surface area contributed by atoms with E-state index in [0.717, 1.165) is 22.4 Å². The Hall–Kier alpha value is -3.28. The number of para-hydroxylation sites is 1. The highest BCUT2D eigenvalue weighted by Crippen LogP contribution is 2.20. The Morgan fingerprint density at radius 3 is 2.36 bits per heavy atom. The summed E-state index contributed by atoms with van der Waals surface area (Å²) in [5.41, 5.74) is 4.30. The molecular formula is C19H19N5O. The molecule has 0 spiro atoms. The van der Waals surface area contributed by atoms with E-state index in [1.165, 1.54) is 12.4 Å². The number of carbonyl (C=O) groups is 1. The summed E-state index contributed by atoms with van der Waals surface area (Å²) in [6, 6.07) is 9.73. The highest BCUT2D eigenvalue weighted by atomic mass is 16.1. The van der Waals surface area contributed by atoms with Gasteiger partial charge in [0.25, 0.3) is 5.91 Å². The number of nitrogens with one attached hydrogen (secondary N) is 2. The molecule has 0 fully saturated rings. The molecule has 0 radical (unpaired) electrons. The zero-order valence-electron chi connectivity index (χ0n) is 14.2. The summed E-state index contributed by atoms with van der Waals surface area (Å²) < 4.78 is 0. The van der Waals surface area contributed by atoms with Gasteiger partial charge in [-0.3, -0.25) is 9.78 Å². The van der Waals surface area contributed by atoms with Crippen LogP contribution in [0.1, 0.15) is 27.0 Å². The second-order valence-electron chi connectivity index (χ2n) is 5.73. The maximum atomic E-state index is 12.4. The summed E-state index contributed by atoms with van der Waals surface area (Å²) in [4.78, 5) is 24.8. The quantitative estimate of drug-likeness (QED) is 0.748. The Labute approximate surface area is 146 Å². The fraction of sp³-hybridized carbons (Fsp3) is 0.158. The monoisotopic (exact) mass is 333 g/mol. The van der Waals surface area contributed by atoms with E-state index in [-0.39, 0.29) is 5.91 Å². The fourth-order valence-corrected chi connectivity index (χ4v) is 2.42. The van der Waals surface area contributed by atoms with Gasteiger partial charge in [0.2, 0.25) is 5.95 Å². The van der Waals surface area contributed by atoms with Crippen LogP contribution in [0.4, 0.5) is 11.6 Å². The first-order chi connectivity index (χ1) is 12.1. The number of rotatable bonds is 5. The third-order valence-corrected chi connectivity index (χ3v) is 3.81. The molecule has 0 aliphatic rings. The van der Waals surface area contributed by atoms with Crippen molar-refractivity contribution in [1.82, 2.24) is 15.0 Å². The lowest BCUT2D eigenvalue weighted by Crippen LogP contribution is -2.15. The molecule has 0 saturated carbocycles. The number of amides is 1. The molecule has 1 amide bonds. The maximum absolute atomic E-state index is 12.4. The molecule has 2 aromatic heterocycles. The standard InChI is InChI=1S/C19H19N5O/c1-13-5-3-6-14(2)17(13)24-18(25)16-11-22-19(23-12-16)21-10-15-7-4-8-20-9-15/h3-9,11-12H,10H2,1-2H3,(H,24,25)(H,21,22,23). The van der Waals surface area contributed by atoms with Crippen molar-refractivity contribution < 1.29 is 4.79 Å². The molecule has 1 aromatic carbocycles. The molecule has 0 aliphatic carbocycles. The van der Waals surface area contributed by atoms with E-state index < -0.39 is 0 Å². The van der Waals surface area contributed by atoms with Crippen molar-refractivity contribution in [2.45, 2.75) is 20.4 Å². The van der Waals surface area contributed by atoms with Gasteiger partial charge in [0, 0.05) is 37.0 Å². The van der Waals surface area contributed by atoms with Gasteiger partial charge < -0.3 is 10.6 Å². The summed E-state index contributed by atoms with van der Waals surface area (Å²) in [6.07, 6.45) is 6.53. The van der Waals surface area contributed by atoms with Crippen LogP contribution in [0.25, 0.3) is 0 Å². The van der Waals surface area contributed by atoms with Crippen LogP contribution in [0.2, 0.25) is 0 Å². The van der Waals surface area contributed by atoms with Crippen molar-refractivity contribution in [3.05, 3.63) is 77.4 Å². The van der Waals surface area contributed by atoms with Crippen LogP contribution in [0, 0.1) is 13.8 Å². The number of nitrogens with zero attached hydrogens (tertiary/aromatic N) is 3. The van der Waals surface area contributed by atoms with Gasteiger partial charge in [0.05, 0.1) is 5.56 Å². The second kappa shape index (κ2) is 7.53. The van der Waals surface area contributed by atoms with Gasteiger partial charge in [-0.2, -0.15) is 0 Å². The Kier molecular flexibility index (Phi) is 4.99. The van der Waals surface area contributed by atoms with E-state index in [0.29, 0.717) is 18.1 Å². The van der Waals surface area contributed by atoms with Crippen molar-refractivity contribution in [2.75, 3.05) is 10.6 Å². The van der Waals surface area contributed by atoms with Gasteiger partial charge in [-0.05, 0) is 36.6 Å². The average molecular weight is 333 g/mol. The molecule has 0 unspecified atom stereocenters. The number of pyridine rings is 1. The molecule has 6 heteroatoms. The first kappa shape index (κ1) is 16.6. The molecule has 3 rings (SSSR count). The molecule has 25 heavy (non-hydrogen) atoms. The third-order valence-electron chi connectivity index (χ3n) is 3.81. The first-order valence-corrected chi connectivity index (χ1v) is 7.96. The average Bonchev–Trinajstić information content (AvgIpc) is 2.64. The topological polar surface area (TPSA) is 79.8 Å². The van der Waals surface area contributed by atoms with E-state index in [4.69, 9.17) is 0 Å². The van der Waals surface area contributed by atoms with E-state index in [9.17, 15) is 4.79 Å². The minimum Gasteiger partial charge on any atom is -0.350 e. The van der Waals surface area contributed by atoms with Gasteiger partial charge in [-0.1, -0.05) is 24.3 Å². The van der Waals surface area contributed by atoms with Crippen molar-refractivity contribution in [1.29, 1.82) is 0 Å². The minimum atomic E-state index is -0.226. The van der Waals surface area contributed by atoms with E-state index in [2.05, 4.69) is 25.6 Å². The number of aryl methyl sites for hydroxylation is 2. The van der Waals surface area contributed by atoms with Crippen molar-refractivity contribution >= 4 is 17.5 Å². The Balaban J connectivity index is 1.64. The predicted molar refractivity (Wildman–Crippen MR) is 97.5 cm³/mol. The van der Waals surface area contributed by atoms with Gasteiger partial charge in [-0.25, -0.2) is 9.97 Å². The molecular weight excluding hydrogens is 314 g/mol. The highest BCUT2D eigenvalue weighted by molar-refractivity contribution is 6.04. The van der Waals surface area contributed by atoms with E-state index in [1.54, 1.807) is 12.4 Å². The summed E-state index contributed by atoms with van der Waals surface area (Å²) in [5, 5.41) is 6.03. The molecule has 6 nitrogen and oxygen atoms in total. The van der Waals surface area contributed by atoms with Crippen molar-refractivity contribution in [3.8, 4) is 0 Å². The zero-order valence-corrected chi connectivity index (χ0v) is 14.2. The van der Waals surface area contributed by atoms with Gasteiger partial charge >= 0.3 is 0 Å². The first-order valence-electron chi connectivity index (χ1n) is 7.96. The predicted octanol–water partition coefficient (Wildman–Crippen LogP) is 3.35. The SMILES string of the molecule is Cc1cccc(C)c1NC(=O)c1cnc(NCc2cccnc2)nc1. The van der Waals surface area contributed by atoms with Crippen LogP contribution < -0.4 is 10.6 Å². The summed E-state index contributed by atoms with van der Waals surface area (Å²) in [6.45, 7) is 4.50. The molecule has 0 atom stereocenters. The van der Waals surface area contributed by atoms with Gasteiger partial charge in [-0.15, -0.1) is 0 Å². The maximum Gasteiger partial charge on any atom is 0.258 e. The van der Waals surface area contributed by atoms with Crippen molar-refractivity contribution in [3.63, 3.8) is 0 Å². The Morgan fingerprint density at radius 2 is 1.72 bits per heavy atom. The normalized spacial score (nSPS) is 10.3. The lowest BCUT2D eigenvalue weighted by atomic mass is 10.1. The van der Waals surface area contributed by atoms with Gasteiger partial charge in [0.1, 0.15) is 0 Å². The summed E-state index contributed by atoms with van der Waals surface area (Å²) >= 11 is 0. The molecule has 0 saturated heterocycles. The van der Waals surface area contributed by atoms with Crippen LogP contribution in [-0.2, 0) is 6.54 Å². The molecule has 2 heterocycles. The number of anilines is 2. The Morgan fingerprint density at radius 1 is 1.00 bits per heavy atom. The number of hydrogen-bond donors (Lipinski definition) is 2. The number of aromatic nitrogens is 3. The van der Waals surface area contributed by atoms with E-state index in [1.807, 2.05) is 44.2 Å². The zero-order chi connectivity index (χ0) is 17.6. The summed E-state index contributed by atoms with van der Waals surface area (Å²) in [7, 11) is 0. The molecule has 0 aliphatic heterocycles. The van der Waals surface area contributed by atoms with Crippen LogP contribution in [0.5, 0.6) is 0 Å². The second-order valence-corrected chi connectivity index (χ2v) is 5.73. The summed E-state index contributed by atoms with van der Waals surface area (Å²) in [5.74, 6) is 0.240. The number of hydrogen-bond acceptors (Lipinski definition) is 5. The van der Waals surface area contributed by atoms with Crippen LogP contribution >= 0.6 is 0 Å². The van der Waals surface area contributed by atoms with Crippen LogP contribution in [-0.4, -0.2) is 20.9 Å². The fourth-order valence-electron chi connectivity index (χ4n) is 2.42. The molecule has 0 bridgehead atoms. The van der Waals surface area contributed by atoms with E-state index >= 15 is 0 Å². The minimum absolute atomic E-state index is 0.226. The number of benzene rings is 1. The van der Waals surface area contributed by atoms with Crippen molar-refractivity contribution in [2.24, 2.45) is 0 Å². The lowest BCUT2D eigenvalue weighted by Gasteiger charge is -2.11. The Bertz CT molecular complexity index is 842. The highest BCUT2D eigenvalue weighted by Gasteiger charge is 2.10. The smallest absolute Gasteiger partial charge is 0.258 e. The molecule has 3 aromatic rings. The molecule has 126 valence electrons. The van der Waals surface area contributed by atoms with Crippen LogP contribution in [0.15, 0.2) is 55.1 Å². The van der Waals surface area contributed by atoms with Crippen LogP contribution in [0.3, 0.4) is 0 Å². The number of carbonyl (C=O) groups excluding carboxylic acids is 1.